The van der Waals surface area contributed by atoms with E-state index < -0.39 is 27.2 Å². The van der Waals surface area contributed by atoms with Crippen LogP contribution in [0.1, 0.15) is 18.4 Å². The monoisotopic (exact) mass is 234 g/mol. The van der Waals surface area contributed by atoms with Gasteiger partial charge in [-0.05, 0) is 18.9 Å². The van der Waals surface area contributed by atoms with Crippen LogP contribution >= 0.6 is 0 Å². The summed E-state index contributed by atoms with van der Waals surface area (Å²) in [7, 11) is -0.959. The van der Waals surface area contributed by atoms with Crippen LogP contribution in [0, 0.1) is 17.5 Å². The van der Waals surface area contributed by atoms with E-state index in [1.165, 1.54) is 0 Å². The largest absolute Gasteiger partial charge is 0.438 e. The number of benzene rings is 1. The predicted octanol–water partition coefficient (Wildman–Crippen LogP) is 1.92. The zero-order valence-corrected chi connectivity index (χ0v) is 9.69. The topological polar surface area (TPSA) is 20.2 Å². The maximum atomic E-state index is 13.1. The maximum absolute atomic E-state index is 13.1. The van der Waals surface area contributed by atoms with E-state index in [0.717, 1.165) is 12.5 Å². The molecule has 0 aliphatic heterocycles. The molecule has 0 aliphatic carbocycles. The van der Waals surface area contributed by atoms with Gasteiger partial charge in [0.15, 0.2) is 9.76 Å². The van der Waals surface area contributed by atoms with Gasteiger partial charge in [0.25, 0.3) is 0 Å². The lowest BCUT2D eigenvalue weighted by Crippen LogP contribution is -1.98. The Balaban J connectivity index is 2.60. The number of halogens is 3. The van der Waals surface area contributed by atoms with Gasteiger partial charge in [-0.25, -0.2) is 13.2 Å². The van der Waals surface area contributed by atoms with Gasteiger partial charge in [-0.15, -0.1) is 0 Å². The average Bonchev–Trinajstić information content (AvgIpc) is 2.15. The van der Waals surface area contributed by atoms with Gasteiger partial charge in [-0.2, -0.15) is 0 Å². The quantitative estimate of drug-likeness (QED) is 0.609. The van der Waals surface area contributed by atoms with E-state index in [-0.39, 0.29) is 12.0 Å². The molecule has 1 nitrogen and oxygen atoms in total. The summed E-state index contributed by atoms with van der Waals surface area (Å²) in [6.07, 6.45) is 1.64. The second-order valence-electron chi connectivity index (χ2n) is 3.38. The summed E-state index contributed by atoms with van der Waals surface area (Å²) in [6.45, 7) is 0. The van der Waals surface area contributed by atoms with E-state index in [2.05, 4.69) is 0 Å². The number of hydrogen-bond donors (Lipinski definition) is 1. The second-order valence-corrected chi connectivity index (χ2v) is 4.54. The Bertz CT molecular complexity index is 307. The van der Waals surface area contributed by atoms with Crippen LogP contribution in [-0.4, -0.2) is 14.6 Å². The molecule has 0 aliphatic rings. The molecule has 15 heavy (non-hydrogen) atoms. The van der Waals surface area contributed by atoms with Crippen molar-refractivity contribution in [2.24, 2.45) is 0 Å². The van der Waals surface area contributed by atoms with E-state index in [1.54, 1.807) is 0 Å². The molecule has 1 N–H and O–H groups in total. The fourth-order valence-electron chi connectivity index (χ4n) is 1.40. The summed E-state index contributed by atoms with van der Waals surface area (Å²) < 4.78 is 38.7. The third-order valence-electron chi connectivity index (χ3n) is 2.19. The molecule has 1 aromatic rings. The van der Waals surface area contributed by atoms with Crippen LogP contribution in [0.5, 0.6) is 0 Å². The van der Waals surface area contributed by atoms with Crippen LogP contribution in [0.15, 0.2) is 12.1 Å². The van der Waals surface area contributed by atoms with Gasteiger partial charge in [0.2, 0.25) is 0 Å². The average molecular weight is 234 g/mol. The van der Waals surface area contributed by atoms with Crippen molar-refractivity contribution in [1.82, 2.24) is 0 Å². The molecule has 0 fully saturated rings. The summed E-state index contributed by atoms with van der Waals surface area (Å²) in [5.41, 5.74) is -0.0593. The van der Waals surface area contributed by atoms with Crippen molar-refractivity contribution in [2.75, 3.05) is 0 Å². The Kier molecular flexibility index (Phi) is 4.84. The van der Waals surface area contributed by atoms with Crippen LogP contribution in [-0.2, 0) is 6.42 Å². The Morgan fingerprint density at radius 1 is 1.07 bits per heavy atom. The molecular formula is C10H13F3OSi. The standard InChI is InChI=1S/C10H13F3OSi/c11-7-5-9(12)8(10(13)6-7)3-1-2-4-15-14/h5-6,14H,1-4,15H2. The lowest BCUT2D eigenvalue weighted by Gasteiger charge is -2.04. The minimum Gasteiger partial charge on any atom is -0.438 e. The predicted molar refractivity (Wildman–Crippen MR) is 54.8 cm³/mol. The first-order chi connectivity index (χ1) is 7.15. The molecule has 0 unspecified atom stereocenters. The van der Waals surface area contributed by atoms with Gasteiger partial charge in [-0.3, -0.25) is 0 Å². The fraction of sp³-hybridized carbons (Fsp3) is 0.400. The van der Waals surface area contributed by atoms with E-state index in [4.69, 9.17) is 4.80 Å². The van der Waals surface area contributed by atoms with Crippen molar-refractivity contribution in [3.8, 4) is 0 Å². The molecule has 0 aromatic heterocycles. The molecule has 0 atom stereocenters. The first kappa shape index (κ1) is 12.3. The van der Waals surface area contributed by atoms with Crippen molar-refractivity contribution in [3.05, 3.63) is 35.1 Å². The molecule has 0 heterocycles. The molecule has 0 amide bonds. The Hall–Kier alpha value is -0.813. The second kappa shape index (κ2) is 5.92. The van der Waals surface area contributed by atoms with Crippen LogP contribution < -0.4 is 0 Å². The highest BCUT2D eigenvalue weighted by Gasteiger charge is 2.10. The first-order valence-corrected chi connectivity index (χ1v) is 6.52. The molecule has 0 bridgehead atoms. The van der Waals surface area contributed by atoms with Crippen LogP contribution in [0.2, 0.25) is 6.04 Å². The minimum absolute atomic E-state index is 0.0593. The number of rotatable bonds is 5. The summed E-state index contributed by atoms with van der Waals surface area (Å²) in [5.74, 6) is -2.54. The SMILES string of the molecule is O[SiH2]CCCCc1c(F)cc(F)cc1F. The molecule has 0 saturated carbocycles. The van der Waals surface area contributed by atoms with Gasteiger partial charge in [-0.1, -0.05) is 6.42 Å². The fourth-order valence-corrected chi connectivity index (χ4v) is 1.98. The molecular weight excluding hydrogens is 221 g/mol. The highest BCUT2D eigenvalue weighted by atomic mass is 28.2. The highest BCUT2D eigenvalue weighted by molar-refractivity contribution is 6.25. The lowest BCUT2D eigenvalue weighted by atomic mass is 10.1. The summed E-state index contributed by atoms with van der Waals surface area (Å²) in [6, 6.07) is 2.14. The molecule has 84 valence electrons. The van der Waals surface area contributed by atoms with Gasteiger partial charge < -0.3 is 4.80 Å². The maximum Gasteiger partial charge on any atom is 0.156 e. The van der Waals surface area contributed by atoms with Gasteiger partial charge >= 0.3 is 0 Å². The van der Waals surface area contributed by atoms with Gasteiger partial charge in [0.05, 0.1) is 0 Å². The first-order valence-electron chi connectivity index (χ1n) is 4.89. The Morgan fingerprint density at radius 3 is 2.20 bits per heavy atom. The smallest absolute Gasteiger partial charge is 0.156 e. The van der Waals surface area contributed by atoms with Crippen molar-refractivity contribution in [3.63, 3.8) is 0 Å². The third-order valence-corrected chi connectivity index (χ3v) is 3.01. The highest BCUT2D eigenvalue weighted by Crippen LogP contribution is 2.17. The molecule has 1 aromatic carbocycles. The van der Waals surface area contributed by atoms with Crippen molar-refractivity contribution in [1.29, 1.82) is 0 Å². The van der Waals surface area contributed by atoms with Crippen molar-refractivity contribution >= 4 is 9.76 Å². The Labute approximate surface area is 88.9 Å². The van der Waals surface area contributed by atoms with Crippen molar-refractivity contribution in [2.45, 2.75) is 25.3 Å². The van der Waals surface area contributed by atoms with E-state index in [1.807, 2.05) is 0 Å². The van der Waals surface area contributed by atoms with E-state index in [0.29, 0.717) is 18.6 Å². The molecule has 5 heteroatoms. The van der Waals surface area contributed by atoms with Crippen molar-refractivity contribution < 1.29 is 18.0 Å². The van der Waals surface area contributed by atoms with E-state index in [9.17, 15) is 13.2 Å². The normalized spacial score (nSPS) is 11.5. The minimum atomic E-state index is -0.959. The van der Waals surface area contributed by atoms with Crippen LogP contribution in [0.25, 0.3) is 0 Å². The summed E-state index contributed by atoms with van der Waals surface area (Å²) >= 11 is 0. The lowest BCUT2D eigenvalue weighted by molar-refractivity contribution is 0.518. The van der Waals surface area contributed by atoms with Gasteiger partial charge in [0, 0.05) is 17.7 Å². The molecule has 0 radical (unpaired) electrons. The summed E-state index contributed by atoms with van der Waals surface area (Å²) in [5, 5.41) is 0. The Morgan fingerprint density at radius 2 is 1.67 bits per heavy atom. The third kappa shape index (κ3) is 3.68. The van der Waals surface area contributed by atoms with E-state index >= 15 is 0 Å². The molecule has 0 spiro atoms. The van der Waals surface area contributed by atoms with Gasteiger partial charge in [0.1, 0.15) is 17.5 Å². The number of hydrogen-bond acceptors (Lipinski definition) is 1. The van der Waals surface area contributed by atoms with Crippen LogP contribution in [0.4, 0.5) is 13.2 Å². The summed E-state index contributed by atoms with van der Waals surface area (Å²) in [4.78, 5) is 8.65. The number of unbranched alkanes of at least 4 members (excludes halogenated alkanes) is 1. The molecule has 1 rings (SSSR count). The molecule has 0 saturated heterocycles. The zero-order chi connectivity index (χ0) is 11.3. The van der Waals surface area contributed by atoms with Crippen LogP contribution in [0.3, 0.4) is 0 Å². The zero-order valence-electron chi connectivity index (χ0n) is 8.27.